The molecule has 16 heavy (non-hydrogen) atoms. The van der Waals surface area contributed by atoms with Crippen LogP contribution in [0.15, 0.2) is 30.6 Å². The van der Waals surface area contributed by atoms with Crippen LogP contribution in [0.2, 0.25) is 5.02 Å². The highest BCUT2D eigenvalue weighted by atomic mass is 35.5. The van der Waals surface area contributed by atoms with Crippen LogP contribution in [0, 0.1) is 6.92 Å². The predicted octanol–water partition coefficient (Wildman–Crippen LogP) is 4.08. The number of nitrogens with zero attached hydrogens (tertiary/aromatic N) is 2. The number of aromatic nitrogens is 2. The van der Waals surface area contributed by atoms with Crippen LogP contribution < -0.4 is 0 Å². The number of rotatable bonds is 1. The van der Waals surface area contributed by atoms with E-state index in [0.717, 1.165) is 16.1 Å². The molecule has 1 heterocycles. The largest absolute Gasteiger partial charge is 0.275 e. The zero-order chi connectivity index (χ0) is 12.1. The third-order valence-corrected chi connectivity index (χ3v) is 2.47. The first-order valence-electron chi connectivity index (χ1n) is 5.42. The van der Waals surface area contributed by atoms with E-state index < -0.39 is 0 Å². The second-order valence-electron chi connectivity index (χ2n) is 3.39. The van der Waals surface area contributed by atoms with Crippen LogP contribution in [0.25, 0.3) is 11.1 Å². The zero-order valence-electron chi connectivity index (χ0n) is 10.2. The molecule has 3 heteroatoms. The molecule has 0 saturated carbocycles. The van der Waals surface area contributed by atoms with Crippen molar-refractivity contribution in [2.75, 3.05) is 0 Å². The fourth-order valence-electron chi connectivity index (χ4n) is 1.42. The molecule has 86 valence electrons. The van der Waals surface area contributed by atoms with Gasteiger partial charge in [-0.05, 0) is 19.1 Å². The van der Waals surface area contributed by atoms with Crippen molar-refractivity contribution in [3.05, 3.63) is 41.2 Å². The fraction of sp³-hybridized carbons (Fsp3) is 0.308. The molecular weight excluding hydrogens is 220 g/mol. The molecule has 0 spiro atoms. The maximum absolute atomic E-state index is 6.10. The summed E-state index contributed by atoms with van der Waals surface area (Å²) >= 11 is 6.10. The molecule has 0 aliphatic carbocycles. The summed E-state index contributed by atoms with van der Waals surface area (Å²) in [7, 11) is 1.90. The Kier molecular flexibility index (Phi) is 4.56. The molecule has 0 radical (unpaired) electrons. The molecule has 1 aromatic heterocycles. The van der Waals surface area contributed by atoms with E-state index in [1.807, 2.05) is 45.4 Å². The third-order valence-electron chi connectivity index (χ3n) is 2.14. The molecule has 0 aliphatic heterocycles. The molecule has 2 nitrogen and oxygen atoms in total. The quantitative estimate of drug-likeness (QED) is 0.730. The van der Waals surface area contributed by atoms with Crippen molar-refractivity contribution >= 4 is 11.6 Å². The zero-order valence-corrected chi connectivity index (χ0v) is 10.9. The monoisotopic (exact) mass is 236 g/mol. The summed E-state index contributed by atoms with van der Waals surface area (Å²) in [6.45, 7) is 6.05. The number of aryl methyl sites for hydroxylation is 2. The second kappa shape index (κ2) is 5.71. The van der Waals surface area contributed by atoms with Crippen LogP contribution >= 0.6 is 11.6 Å². The number of hydrogen-bond donors (Lipinski definition) is 0. The third kappa shape index (κ3) is 2.86. The summed E-state index contributed by atoms with van der Waals surface area (Å²) in [4.78, 5) is 0. The summed E-state index contributed by atoms with van der Waals surface area (Å²) in [5, 5.41) is 4.89. The first-order valence-corrected chi connectivity index (χ1v) is 5.80. The van der Waals surface area contributed by atoms with E-state index in [1.165, 1.54) is 5.56 Å². The normalized spacial score (nSPS) is 9.56. The highest BCUT2D eigenvalue weighted by Gasteiger charge is 2.04. The van der Waals surface area contributed by atoms with E-state index in [1.54, 1.807) is 4.68 Å². The van der Waals surface area contributed by atoms with Crippen molar-refractivity contribution in [2.45, 2.75) is 20.8 Å². The Morgan fingerprint density at radius 1 is 1.25 bits per heavy atom. The number of halogens is 1. The van der Waals surface area contributed by atoms with E-state index in [0.29, 0.717) is 0 Å². The van der Waals surface area contributed by atoms with Crippen molar-refractivity contribution in [3.63, 3.8) is 0 Å². The molecule has 2 rings (SSSR count). The molecule has 0 aliphatic rings. The highest BCUT2D eigenvalue weighted by Crippen LogP contribution is 2.27. The molecule has 0 atom stereocenters. The SMILES string of the molecule is CC.Cc1ccc(Cl)c(-c2cnn(C)c2)c1. The smallest absolute Gasteiger partial charge is 0.0568 e. The van der Waals surface area contributed by atoms with Crippen LogP contribution in [0.3, 0.4) is 0 Å². The van der Waals surface area contributed by atoms with Gasteiger partial charge >= 0.3 is 0 Å². The molecule has 0 amide bonds. The molecule has 0 fully saturated rings. The van der Waals surface area contributed by atoms with Gasteiger partial charge in [-0.1, -0.05) is 37.1 Å². The first-order chi connectivity index (χ1) is 7.66. The van der Waals surface area contributed by atoms with Crippen LogP contribution in [0.4, 0.5) is 0 Å². The minimum absolute atomic E-state index is 0.767. The van der Waals surface area contributed by atoms with Gasteiger partial charge in [-0.2, -0.15) is 5.10 Å². The number of hydrogen-bond acceptors (Lipinski definition) is 1. The van der Waals surface area contributed by atoms with Gasteiger partial charge in [0.1, 0.15) is 0 Å². The van der Waals surface area contributed by atoms with Crippen molar-refractivity contribution in [1.29, 1.82) is 0 Å². The topological polar surface area (TPSA) is 17.8 Å². The molecule has 0 saturated heterocycles. The Morgan fingerprint density at radius 2 is 1.94 bits per heavy atom. The summed E-state index contributed by atoms with van der Waals surface area (Å²) in [5.74, 6) is 0. The van der Waals surface area contributed by atoms with Gasteiger partial charge in [-0.15, -0.1) is 0 Å². The molecule has 2 aromatic rings. The van der Waals surface area contributed by atoms with Gasteiger partial charge in [0.05, 0.1) is 6.20 Å². The maximum Gasteiger partial charge on any atom is 0.0568 e. The molecule has 0 unspecified atom stereocenters. The minimum atomic E-state index is 0.767. The van der Waals surface area contributed by atoms with E-state index in [9.17, 15) is 0 Å². The second-order valence-corrected chi connectivity index (χ2v) is 3.79. The summed E-state index contributed by atoms with van der Waals surface area (Å²) in [5.41, 5.74) is 3.30. The van der Waals surface area contributed by atoms with Crippen molar-refractivity contribution < 1.29 is 0 Å². The van der Waals surface area contributed by atoms with Gasteiger partial charge in [0.2, 0.25) is 0 Å². The molecule has 1 aromatic carbocycles. The lowest BCUT2D eigenvalue weighted by Crippen LogP contribution is -1.84. The lowest BCUT2D eigenvalue weighted by molar-refractivity contribution is 0.768. The fourth-order valence-corrected chi connectivity index (χ4v) is 1.65. The lowest BCUT2D eigenvalue weighted by Gasteiger charge is -2.01. The van der Waals surface area contributed by atoms with Gasteiger partial charge in [0.15, 0.2) is 0 Å². The molecule has 0 N–H and O–H groups in total. The van der Waals surface area contributed by atoms with Crippen molar-refractivity contribution in [1.82, 2.24) is 9.78 Å². The van der Waals surface area contributed by atoms with Gasteiger partial charge in [0.25, 0.3) is 0 Å². The first kappa shape index (κ1) is 12.8. The maximum atomic E-state index is 6.10. The van der Waals surface area contributed by atoms with Crippen LogP contribution in [0.5, 0.6) is 0 Å². The number of benzene rings is 1. The Bertz CT molecular complexity index is 461. The summed E-state index contributed by atoms with van der Waals surface area (Å²) < 4.78 is 1.77. The Morgan fingerprint density at radius 3 is 2.50 bits per heavy atom. The van der Waals surface area contributed by atoms with Gasteiger partial charge in [-0.25, -0.2) is 0 Å². The van der Waals surface area contributed by atoms with Gasteiger partial charge < -0.3 is 0 Å². The van der Waals surface area contributed by atoms with Gasteiger partial charge in [-0.3, -0.25) is 4.68 Å². The lowest BCUT2D eigenvalue weighted by atomic mass is 10.1. The Hall–Kier alpha value is -1.28. The van der Waals surface area contributed by atoms with Crippen molar-refractivity contribution in [3.8, 4) is 11.1 Å². The average Bonchev–Trinajstić information content (AvgIpc) is 2.71. The van der Waals surface area contributed by atoms with Crippen LogP contribution in [-0.2, 0) is 7.05 Å². The van der Waals surface area contributed by atoms with Gasteiger partial charge in [0, 0.05) is 29.4 Å². The predicted molar refractivity (Wildman–Crippen MR) is 69.7 cm³/mol. The van der Waals surface area contributed by atoms with E-state index >= 15 is 0 Å². The Labute approximate surface area is 102 Å². The minimum Gasteiger partial charge on any atom is -0.275 e. The summed E-state index contributed by atoms with van der Waals surface area (Å²) in [6.07, 6.45) is 3.78. The van der Waals surface area contributed by atoms with E-state index in [4.69, 9.17) is 11.6 Å². The van der Waals surface area contributed by atoms with Crippen LogP contribution in [0.1, 0.15) is 19.4 Å². The van der Waals surface area contributed by atoms with Crippen LogP contribution in [-0.4, -0.2) is 9.78 Å². The average molecular weight is 237 g/mol. The van der Waals surface area contributed by atoms with E-state index in [-0.39, 0.29) is 0 Å². The van der Waals surface area contributed by atoms with E-state index in [2.05, 4.69) is 18.1 Å². The standard InChI is InChI=1S/C11H11ClN2.C2H6/c1-8-3-4-11(12)10(5-8)9-6-13-14(2)7-9;1-2/h3-7H,1-2H3;1-2H3. The molecular formula is C13H17ClN2. The van der Waals surface area contributed by atoms with Crippen molar-refractivity contribution in [2.24, 2.45) is 7.05 Å². The highest BCUT2D eigenvalue weighted by molar-refractivity contribution is 6.33. The molecule has 0 bridgehead atoms. The summed E-state index contributed by atoms with van der Waals surface area (Å²) in [6, 6.07) is 5.99. The Balaban J connectivity index is 0.000000606.